The predicted molar refractivity (Wildman–Crippen MR) is 182 cm³/mol. The summed E-state index contributed by atoms with van der Waals surface area (Å²) in [7, 11) is 0. The van der Waals surface area contributed by atoms with Crippen molar-refractivity contribution in [2.45, 2.75) is 155 Å². The molecule has 0 amide bonds. The molecule has 0 fully saturated rings. The van der Waals surface area contributed by atoms with Crippen LogP contribution in [0, 0.1) is 0 Å². The van der Waals surface area contributed by atoms with Crippen molar-refractivity contribution in [3.63, 3.8) is 0 Å². The van der Waals surface area contributed by atoms with Gasteiger partial charge >= 0.3 is 0 Å². The van der Waals surface area contributed by atoms with Gasteiger partial charge in [-0.1, -0.05) is 142 Å². The molecule has 0 radical (unpaired) electrons. The summed E-state index contributed by atoms with van der Waals surface area (Å²) < 4.78 is 0. The molecule has 3 heterocycles. The molecule has 0 spiro atoms. The van der Waals surface area contributed by atoms with Gasteiger partial charge in [0.1, 0.15) is 0 Å². The molecule has 0 saturated carbocycles. The third kappa shape index (κ3) is 12.2. The van der Waals surface area contributed by atoms with Gasteiger partial charge in [0.25, 0.3) is 0 Å². The zero-order valence-electron chi connectivity index (χ0n) is 25.2. The maximum Gasteiger partial charge on any atom is 0.0534 e. The molecule has 0 atom stereocenters. The first kappa shape index (κ1) is 32.6. The van der Waals surface area contributed by atoms with Crippen molar-refractivity contribution in [2.75, 3.05) is 0 Å². The van der Waals surface area contributed by atoms with Crippen molar-refractivity contribution in [3.05, 3.63) is 45.5 Å². The molecule has 3 aromatic heterocycles. The molecule has 0 saturated heterocycles. The SMILES string of the molecule is CCCCCCCCCCCCc1sc(-c2cccs2)c(-c2cccs2)c1CCCCCCCCCCCC. The number of unbranched alkanes of at least 4 members (excludes halogenated alkanes) is 18. The van der Waals surface area contributed by atoms with Crippen LogP contribution in [0.4, 0.5) is 0 Å². The summed E-state index contributed by atoms with van der Waals surface area (Å²) >= 11 is 5.96. The first-order chi connectivity index (χ1) is 19.3. The second kappa shape index (κ2) is 20.9. The standard InChI is InChI=1S/C36H56S3/c1-3-5-7-9-11-13-15-17-19-21-25-31-32(26-22-20-18-16-14-12-10-8-6-4-2)39-36(34-28-24-30-38-34)35(31)33-27-23-29-37-33/h23-24,27-30H,3-22,25-26H2,1-2H3. The number of rotatable bonds is 24. The fourth-order valence-electron chi connectivity index (χ4n) is 5.80. The molecule has 3 rings (SSSR count). The third-order valence-electron chi connectivity index (χ3n) is 8.14. The largest absolute Gasteiger partial charge is 0.144 e. The molecule has 3 heteroatoms. The minimum Gasteiger partial charge on any atom is -0.144 e. The summed E-state index contributed by atoms with van der Waals surface area (Å²) in [4.78, 5) is 6.17. The molecule has 0 aliphatic heterocycles. The molecule has 0 N–H and O–H groups in total. The molecule has 0 aromatic carbocycles. The van der Waals surface area contributed by atoms with E-state index >= 15 is 0 Å². The Morgan fingerprint density at radius 1 is 0.487 bits per heavy atom. The topological polar surface area (TPSA) is 0 Å². The van der Waals surface area contributed by atoms with Crippen LogP contribution >= 0.6 is 34.0 Å². The van der Waals surface area contributed by atoms with Crippen LogP contribution in [-0.4, -0.2) is 0 Å². The van der Waals surface area contributed by atoms with Gasteiger partial charge in [0.05, 0.1) is 4.88 Å². The lowest BCUT2D eigenvalue weighted by Crippen LogP contribution is -1.94. The second-order valence-corrected chi connectivity index (χ2v) is 14.5. The Hall–Kier alpha value is -0.900. The van der Waals surface area contributed by atoms with Crippen LogP contribution in [0.25, 0.3) is 20.2 Å². The lowest BCUT2D eigenvalue weighted by Gasteiger charge is -2.09. The molecule has 0 aliphatic rings. The van der Waals surface area contributed by atoms with Gasteiger partial charge < -0.3 is 0 Å². The summed E-state index contributed by atoms with van der Waals surface area (Å²) in [5, 5.41) is 4.51. The predicted octanol–water partition coefficient (Wildman–Crippen LogP) is 14.1. The number of thiophene rings is 3. The van der Waals surface area contributed by atoms with Crippen molar-refractivity contribution in [1.82, 2.24) is 0 Å². The van der Waals surface area contributed by atoms with Gasteiger partial charge in [-0.2, -0.15) is 0 Å². The third-order valence-corrected chi connectivity index (χ3v) is 11.4. The van der Waals surface area contributed by atoms with E-state index in [1.807, 2.05) is 22.7 Å². The van der Waals surface area contributed by atoms with Crippen LogP contribution in [0.1, 0.15) is 153 Å². The maximum atomic E-state index is 2.36. The Balaban J connectivity index is 1.53. The smallest absolute Gasteiger partial charge is 0.0534 e. The summed E-state index contributed by atoms with van der Waals surface area (Å²) in [6.45, 7) is 4.62. The summed E-state index contributed by atoms with van der Waals surface area (Å²) in [6, 6.07) is 9.15. The van der Waals surface area contributed by atoms with Gasteiger partial charge in [-0.05, 0) is 54.1 Å². The maximum absolute atomic E-state index is 2.36. The molecule has 0 aliphatic carbocycles. The monoisotopic (exact) mass is 584 g/mol. The molecule has 39 heavy (non-hydrogen) atoms. The van der Waals surface area contributed by atoms with E-state index in [0.717, 1.165) is 0 Å². The Labute approximate surface area is 253 Å². The van der Waals surface area contributed by atoms with Crippen molar-refractivity contribution < 1.29 is 0 Å². The fraction of sp³-hybridized carbons (Fsp3) is 0.667. The van der Waals surface area contributed by atoms with Crippen LogP contribution in [0.3, 0.4) is 0 Å². The van der Waals surface area contributed by atoms with Crippen molar-refractivity contribution >= 4 is 34.0 Å². The molecule has 3 aromatic rings. The zero-order chi connectivity index (χ0) is 27.4. The van der Waals surface area contributed by atoms with Gasteiger partial charge in [-0.25, -0.2) is 0 Å². The highest BCUT2D eigenvalue weighted by Crippen LogP contribution is 2.47. The van der Waals surface area contributed by atoms with E-state index in [0.29, 0.717) is 0 Å². The molecule has 0 unspecified atom stereocenters. The Morgan fingerprint density at radius 3 is 1.38 bits per heavy atom. The van der Waals surface area contributed by atoms with E-state index in [2.05, 4.69) is 60.2 Å². The van der Waals surface area contributed by atoms with Crippen LogP contribution in [0.2, 0.25) is 0 Å². The van der Waals surface area contributed by atoms with Crippen LogP contribution in [-0.2, 0) is 12.8 Å². The van der Waals surface area contributed by atoms with Gasteiger partial charge in [0, 0.05) is 20.2 Å². The molecule has 218 valence electrons. The fourth-order valence-corrected chi connectivity index (χ4v) is 8.94. The number of hydrogen-bond donors (Lipinski definition) is 0. The molecular formula is C36H56S3. The first-order valence-corrected chi connectivity index (χ1v) is 19.1. The Bertz CT molecular complexity index is 948. The normalized spacial score (nSPS) is 11.5. The average molecular weight is 585 g/mol. The van der Waals surface area contributed by atoms with Gasteiger partial charge in [0.2, 0.25) is 0 Å². The zero-order valence-corrected chi connectivity index (χ0v) is 27.7. The van der Waals surface area contributed by atoms with Crippen LogP contribution in [0.5, 0.6) is 0 Å². The highest BCUT2D eigenvalue weighted by molar-refractivity contribution is 7.22. The molecule has 0 bridgehead atoms. The van der Waals surface area contributed by atoms with Gasteiger partial charge in [-0.15, -0.1) is 34.0 Å². The average Bonchev–Trinajstić information content (AvgIpc) is 3.72. The number of aryl methyl sites for hydroxylation is 1. The first-order valence-electron chi connectivity index (χ1n) is 16.6. The van der Waals surface area contributed by atoms with Crippen molar-refractivity contribution in [1.29, 1.82) is 0 Å². The van der Waals surface area contributed by atoms with Crippen molar-refractivity contribution in [2.24, 2.45) is 0 Å². The Morgan fingerprint density at radius 2 is 0.923 bits per heavy atom. The highest BCUT2D eigenvalue weighted by Gasteiger charge is 2.21. The van der Waals surface area contributed by atoms with Crippen LogP contribution < -0.4 is 0 Å². The Kier molecular flexibility index (Phi) is 17.5. The minimum atomic E-state index is 1.26. The second-order valence-electron chi connectivity index (χ2n) is 11.5. The lowest BCUT2D eigenvalue weighted by atomic mass is 9.97. The van der Waals surface area contributed by atoms with E-state index < -0.39 is 0 Å². The van der Waals surface area contributed by atoms with E-state index in [-0.39, 0.29) is 0 Å². The van der Waals surface area contributed by atoms with Crippen LogP contribution in [0.15, 0.2) is 35.0 Å². The van der Waals surface area contributed by atoms with E-state index in [4.69, 9.17) is 0 Å². The minimum absolute atomic E-state index is 1.26. The molecular weight excluding hydrogens is 529 g/mol. The summed E-state index contributed by atoms with van der Waals surface area (Å²) in [5.74, 6) is 0. The highest BCUT2D eigenvalue weighted by atomic mass is 32.1. The summed E-state index contributed by atoms with van der Waals surface area (Å²) in [5.41, 5.74) is 3.27. The van der Waals surface area contributed by atoms with Gasteiger partial charge in [-0.3, -0.25) is 0 Å². The quantitative estimate of drug-likeness (QED) is 0.0918. The van der Waals surface area contributed by atoms with E-state index in [1.54, 1.807) is 16.0 Å². The lowest BCUT2D eigenvalue weighted by molar-refractivity contribution is 0.554. The summed E-state index contributed by atoms with van der Waals surface area (Å²) in [6.07, 6.45) is 30.8. The van der Waals surface area contributed by atoms with E-state index in [9.17, 15) is 0 Å². The van der Waals surface area contributed by atoms with E-state index in [1.165, 1.54) is 156 Å². The van der Waals surface area contributed by atoms with Gasteiger partial charge in [0.15, 0.2) is 0 Å². The van der Waals surface area contributed by atoms with Crippen molar-refractivity contribution in [3.8, 4) is 20.2 Å². The number of hydrogen-bond acceptors (Lipinski definition) is 3. The molecule has 0 nitrogen and oxygen atoms in total.